The maximum absolute atomic E-state index is 12.7. The molecular weight excluding hydrogens is 452 g/mol. The van der Waals surface area contributed by atoms with E-state index >= 15 is 0 Å². The van der Waals surface area contributed by atoms with Crippen molar-refractivity contribution in [2.24, 2.45) is 11.8 Å². The van der Waals surface area contributed by atoms with Crippen LogP contribution < -0.4 is 10.6 Å². The molecule has 1 aliphatic rings. The number of hydrogen-bond donors (Lipinski definition) is 2. The van der Waals surface area contributed by atoms with Crippen LogP contribution >= 0.6 is 11.6 Å². The molecule has 0 saturated heterocycles. The molecule has 0 spiro atoms. The lowest BCUT2D eigenvalue weighted by Gasteiger charge is -2.27. The van der Waals surface area contributed by atoms with E-state index in [9.17, 15) is 18.4 Å². The van der Waals surface area contributed by atoms with Crippen molar-refractivity contribution in [1.82, 2.24) is 20.3 Å². The Bertz CT molecular complexity index is 1150. The third-order valence-electron chi connectivity index (χ3n) is 5.80. The van der Waals surface area contributed by atoms with Crippen LogP contribution in [0, 0.1) is 11.8 Å². The number of alkyl halides is 2. The number of fused-ring (bicyclic) bond motifs is 1. The van der Waals surface area contributed by atoms with E-state index in [1.54, 1.807) is 12.1 Å². The normalized spacial score (nSPS) is 18.3. The Balaban J connectivity index is 1.24. The van der Waals surface area contributed by atoms with Gasteiger partial charge in [0.15, 0.2) is 0 Å². The van der Waals surface area contributed by atoms with Crippen LogP contribution in [0.3, 0.4) is 0 Å². The number of anilines is 1. The molecule has 0 bridgehead atoms. The molecule has 2 amide bonds. The summed E-state index contributed by atoms with van der Waals surface area (Å²) in [4.78, 5) is 36.6. The summed E-state index contributed by atoms with van der Waals surface area (Å²) in [5.41, 5.74) is 0.286. The monoisotopic (exact) mass is 473 g/mol. The zero-order valence-electron chi connectivity index (χ0n) is 17.6. The molecule has 33 heavy (non-hydrogen) atoms. The van der Waals surface area contributed by atoms with E-state index in [0.717, 1.165) is 36.1 Å². The number of amides is 2. The van der Waals surface area contributed by atoms with Crippen LogP contribution in [0.4, 0.5) is 14.6 Å². The molecule has 2 N–H and O–H groups in total. The van der Waals surface area contributed by atoms with Crippen LogP contribution in [-0.4, -0.2) is 33.3 Å². The van der Waals surface area contributed by atoms with Crippen LogP contribution in [0.2, 0.25) is 5.02 Å². The van der Waals surface area contributed by atoms with Crippen molar-refractivity contribution in [2.45, 2.75) is 32.1 Å². The second kappa shape index (κ2) is 10.2. The summed E-state index contributed by atoms with van der Waals surface area (Å²) in [6.07, 6.45) is 2.22. The van der Waals surface area contributed by atoms with Gasteiger partial charge in [0.1, 0.15) is 17.2 Å². The van der Waals surface area contributed by atoms with Crippen LogP contribution in [0.25, 0.3) is 10.9 Å². The van der Waals surface area contributed by atoms with Gasteiger partial charge in [-0.05, 0) is 61.9 Å². The van der Waals surface area contributed by atoms with Gasteiger partial charge in [-0.15, -0.1) is 0 Å². The average molecular weight is 474 g/mol. The largest absolute Gasteiger partial charge is 0.350 e. The zero-order chi connectivity index (χ0) is 23.4. The summed E-state index contributed by atoms with van der Waals surface area (Å²) in [5, 5.41) is 7.20. The highest BCUT2D eigenvalue weighted by Crippen LogP contribution is 2.29. The number of hydrogen-bond acceptors (Lipinski definition) is 5. The number of rotatable bonds is 6. The van der Waals surface area contributed by atoms with Gasteiger partial charge >= 0.3 is 0 Å². The lowest BCUT2D eigenvalue weighted by molar-refractivity contribution is -0.121. The van der Waals surface area contributed by atoms with Crippen molar-refractivity contribution in [2.75, 3.05) is 11.9 Å². The van der Waals surface area contributed by atoms with Crippen molar-refractivity contribution >= 4 is 40.1 Å². The van der Waals surface area contributed by atoms with Gasteiger partial charge in [0.2, 0.25) is 5.91 Å². The van der Waals surface area contributed by atoms with Crippen LogP contribution in [0.5, 0.6) is 0 Å². The quantitative estimate of drug-likeness (QED) is 0.536. The highest BCUT2D eigenvalue weighted by molar-refractivity contribution is 6.31. The van der Waals surface area contributed by atoms with Gasteiger partial charge in [0, 0.05) is 22.9 Å². The molecule has 0 unspecified atom stereocenters. The Morgan fingerprint density at radius 2 is 1.85 bits per heavy atom. The molecule has 0 atom stereocenters. The smallest absolute Gasteiger partial charge is 0.281 e. The number of nitrogens with one attached hydrogen (secondary N) is 2. The van der Waals surface area contributed by atoms with Crippen molar-refractivity contribution in [3.05, 3.63) is 59.1 Å². The maximum Gasteiger partial charge on any atom is 0.281 e. The average Bonchev–Trinajstić information content (AvgIpc) is 2.83. The van der Waals surface area contributed by atoms with Gasteiger partial charge in [0.05, 0.1) is 17.9 Å². The fraction of sp³-hybridized carbons (Fsp3) is 0.348. The van der Waals surface area contributed by atoms with Crippen molar-refractivity contribution in [1.29, 1.82) is 0 Å². The van der Waals surface area contributed by atoms with Gasteiger partial charge < -0.3 is 10.6 Å². The van der Waals surface area contributed by atoms with E-state index < -0.39 is 18.0 Å². The van der Waals surface area contributed by atoms with Gasteiger partial charge in [-0.3, -0.25) is 14.6 Å². The maximum atomic E-state index is 12.7. The summed E-state index contributed by atoms with van der Waals surface area (Å²) in [6.45, 7) is 0.431. The Morgan fingerprint density at radius 1 is 1.06 bits per heavy atom. The molecule has 1 fully saturated rings. The van der Waals surface area contributed by atoms with Crippen LogP contribution in [0.1, 0.15) is 48.3 Å². The second-order valence-electron chi connectivity index (χ2n) is 8.08. The van der Waals surface area contributed by atoms with Crippen LogP contribution in [0.15, 0.2) is 42.7 Å². The third-order valence-corrected chi connectivity index (χ3v) is 6.03. The van der Waals surface area contributed by atoms with E-state index in [4.69, 9.17) is 11.6 Å². The Hall–Kier alpha value is -3.20. The van der Waals surface area contributed by atoms with Crippen molar-refractivity contribution < 1.29 is 18.4 Å². The molecule has 1 aliphatic carbocycles. The van der Waals surface area contributed by atoms with E-state index in [0.29, 0.717) is 30.2 Å². The molecular formula is C23H22ClF2N5O2. The Morgan fingerprint density at radius 3 is 2.55 bits per heavy atom. The first-order valence-electron chi connectivity index (χ1n) is 10.6. The number of halogens is 3. The molecule has 0 aliphatic heterocycles. The number of benzene rings is 1. The summed E-state index contributed by atoms with van der Waals surface area (Å²) in [7, 11) is 0. The molecule has 1 saturated carbocycles. The lowest BCUT2D eigenvalue weighted by Crippen LogP contribution is -2.34. The van der Waals surface area contributed by atoms with Crippen LogP contribution in [-0.2, 0) is 4.79 Å². The van der Waals surface area contributed by atoms with E-state index in [1.165, 1.54) is 0 Å². The van der Waals surface area contributed by atoms with Gasteiger partial charge in [-0.1, -0.05) is 11.6 Å². The summed E-state index contributed by atoms with van der Waals surface area (Å²) in [5.74, 6) is 0.102. The molecule has 3 aromatic rings. The van der Waals surface area contributed by atoms with Gasteiger partial charge in [-0.25, -0.2) is 18.7 Å². The fourth-order valence-corrected chi connectivity index (χ4v) is 4.10. The standard InChI is InChI=1S/C23H22ClF2N5O2/c24-16-6-7-17-15(9-16)5-8-20(30-17)31-22(32)14-3-1-13(2-4-14)10-29-23(33)19-12-27-18(11-28-19)21(25)26/h5-9,11-14,21H,1-4,10H2,(H,29,33)(H,30,31,32)/t13-,14-. The first-order valence-corrected chi connectivity index (χ1v) is 11.0. The van der Waals surface area contributed by atoms with Crippen molar-refractivity contribution in [3.63, 3.8) is 0 Å². The van der Waals surface area contributed by atoms with Gasteiger partial charge in [-0.2, -0.15) is 0 Å². The predicted molar refractivity (Wildman–Crippen MR) is 120 cm³/mol. The van der Waals surface area contributed by atoms with E-state index in [1.807, 2.05) is 18.2 Å². The molecule has 1 aromatic carbocycles. The number of aromatic nitrogens is 3. The Kier molecular flexibility index (Phi) is 7.08. The highest BCUT2D eigenvalue weighted by atomic mass is 35.5. The number of pyridine rings is 1. The minimum absolute atomic E-state index is 0.00220. The summed E-state index contributed by atoms with van der Waals surface area (Å²) < 4.78 is 25.1. The van der Waals surface area contributed by atoms with Crippen molar-refractivity contribution in [3.8, 4) is 0 Å². The summed E-state index contributed by atoms with van der Waals surface area (Å²) >= 11 is 5.99. The van der Waals surface area contributed by atoms with E-state index in [2.05, 4.69) is 25.6 Å². The minimum atomic E-state index is -2.72. The molecule has 2 heterocycles. The first kappa shape index (κ1) is 23.0. The predicted octanol–water partition coefficient (Wildman–Crippen LogP) is 4.79. The summed E-state index contributed by atoms with van der Waals surface area (Å²) in [6, 6.07) is 9.02. The molecule has 7 nitrogen and oxygen atoms in total. The first-order chi connectivity index (χ1) is 15.9. The molecule has 2 aromatic heterocycles. The molecule has 172 valence electrons. The Labute approximate surface area is 194 Å². The number of nitrogens with zero attached hydrogens (tertiary/aromatic N) is 3. The minimum Gasteiger partial charge on any atom is -0.350 e. The molecule has 0 radical (unpaired) electrons. The third kappa shape index (κ3) is 5.78. The van der Waals surface area contributed by atoms with Gasteiger partial charge in [0.25, 0.3) is 12.3 Å². The fourth-order valence-electron chi connectivity index (χ4n) is 3.92. The SMILES string of the molecule is O=C(NC[C@H]1CC[C@H](C(=O)Nc2ccc3cc(Cl)ccc3n2)CC1)c1cnc(C(F)F)cn1. The highest BCUT2D eigenvalue weighted by Gasteiger charge is 2.27. The zero-order valence-corrected chi connectivity index (χ0v) is 18.4. The lowest BCUT2D eigenvalue weighted by atomic mass is 9.81. The topological polar surface area (TPSA) is 96.9 Å². The molecule has 10 heteroatoms. The molecule has 4 rings (SSSR count). The second-order valence-corrected chi connectivity index (χ2v) is 8.51. The number of carbonyl (C=O) groups is 2. The van der Waals surface area contributed by atoms with E-state index in [-0.39, 0.29) is 23.4 Å². The number of carbonyl (C=O) groups excluding carboxylic acids is 2.